The second-order valence-corrected chi connectivity index (χ2v) is 5.40. The van der Waals surface area contributed by atoms with Gasteiger partial charge in [0.1, 0.15) is 0 Å². The Morgan fingerprint density at radius 3 is 2.43 bits per heavy atom. The molecule has 1 N–H and O–H groups in total. The van der Waals surface area contributed by atoms with Gasteiger partial charge in [-0.1, -0.05) is 0 Å². The summed E-state index contributed by atoms with van der Waals surface area (Å²) in [5.41, 5.74) is -1.36. The van der Waals surface area contributed by atoms with Crippen molar-refractivity contribution in [2.24, 2.45) is 0 Å². The zero-order valence-electron chi connectivity index (χ0n) is 14.5. The minimum Gasteiger partial charge on any atom is -0.490 e. The number of nitro groups is 1. The fourth-order valence-corrected chi connectivity index (χ4v) is 2.10. The first kappa shape index (κ1) is 20.7. The highest BCUT2D eigenvalue weighted by atomic mass is 19.2. The van der Waals surface area contributed by atoms with E-state index >= 15 is 0 Å². The van der Waals surface area contributed by atoms with Crippen molar-refractivity contribution in [3.05, 3.63) is 63.5 Å². The Balaban J connectivity index is 2.12. The van der Waals surface area contributed by atoms with Crippen molar-refractivity contribution in [2.75, 3.05) is 12.4 Å². The molecule has 11 heteroatoms. The maximum Gasteiger partial charge on any atom is 0.339 e. The summed E-state index contributed by atoms with van der Waals surface area (Å²) in [6.07, 6.45) is -1.47. The minimum atomic E-state index is -1.77. The fraction of sp³-hybridized carbons (Fsp3) is 0.176. The molecule has 0 spiro atoms. The first-order valence-electron chi connectivity index (χ1n) is 7.63. The van der Waals surface area contributed by atoms with Crippen molar-refractivity contribution < 1.29 is 37.2 Å². The molecule has 8 nitrogen and oxygen atoms in total. The van der Waals surface area contributed by atoms with Crippen LogP contribution in [0.15, 0.2) is 30.3 Å². The number of methoxy groups -OCH3 is 1. The van der Waals surface area contributed by atoms with Crippen LogP contribution < -0.4 is 10.1 Å². The van der Waals surface area contributed by atoms with E-state index < -0.39 is 51.7 Å². The zero-order chi connectivity index (χ0) is 21.0. The lowest BCUT2D eigenvalue weighted by Gasteiger charge is -2.14. The van der Waals surface area contributed by atoms with Crippen LogP contribution in [0, 0.1) is 27.6 Å². The largest absolute Gasteiger partial charge is 0.490 e. The van der Waals surface area contributed by atoms with E-state index in [9.17, 15) is 32.9 Å². The first-order valence-corrected chi connectivity index (χ1v) is 7.63. The van der Waals surface area contributed by atoms with E-state index in [-0.39, 0.29) is 11.3 Å². The summed E-state index contributed by atoms with van der Waals surface area (Å²) in [4.78, 5) is 34.3. The second kappa shape index (κ2) is 8.37. The van der Waals surface area contributed by atoms with E-state index in [1.165, 1.54) is 19.2 Å². The average Bonchev–Trinajstić information content (AvgIpc) is 2.67. The van der Waals surface area contributed by atoms with Crippen LogP contribution in [0.2, 0.25) is 0 Å². The summed E-state index contributed by atoms with van der Waals surface area (Å²) in [5, 5.41) is 12.9. The Bertz CT molecular complexity index is 951. The van der Waals surface area contributed by atoms with Gasteiger partial charge in [-0.2, -0.15) is 0 Å². The number of halogens is 3. The summed E-state index contributed by atoms with van der Waals surface area (Å²) in [6.45, 7) is 1.14. The third kappa shape index (κ3) is 4.37. The molecule has 0 bridgehead atoms. The molecule has 2 rings (SSSR count). The molecule has 0 saturated carbocycles. The molecule has 2 aromatic carbocycles. The number of rotatable bonds is 6. The number of esters is 1. The molecule has 0 radical (unpaired) electrons. The van der Waals surface area contributed by atoms with Gasteiger partial charge < -0.3 is 14.8 Å². The van der Waals surface area contributed by atoms with Crippen LogP contribution in [0.4, 0.5) is 24.5 Å². The average molecular weight is 398 g/mol. The highest BCUT2D eigenvalue weighted by Crippen LogP contribution is 2.28. The predicted octanol–water partition coefficient (Wildman–Crippen LogP) is 3.20. The number of nitro benzene ring substituents is 1. The van der Waals surface area contributed by atoms with Gasteiger partial charge in [-0.05, 0) is 31.2 Å². The summed E-state index contributed by atoms with van der Waals surface area (Å²) < 4.78 is 49.4. The molecule has 0 aliphatic rings. The monoisotopic (exact) mass is 398 g/mol. The van der Waals surface area contributed by atoms with Gasteiger partial charge in [0.25, 0.3) is 5.91 Å². The number of amides is 1. The molecular weight excluding hydrogens is 385 g/mol. The van der Waals surface area contributed by atoms with Gasteiger partial charge in [-0.3, -0.25) is 14.9 Å². The van der Waals surface area contributed by atoms with Crippen molar-refractivity contribution in [3.63, 3.8) is 0 Å². The van der Waals surface area contributed by atoms with Crippen molar-refractivity contribution in [2.45, 2.75) is 13.0 Å². The number of ether oxygens (including phenoxy) is 2. The van der Waals surface area contributed by atoms with E-state index in [4.69, 9.17) is 9.47 Å². The van der Waals surface area contributed by atoms with E-state index in [2.05, 4.69) is 0 Å². The molecule has 0 unspecified atom stereocenters. The second-order valence-electron chi connectivity index (χ2n) is 5.40. The summed E-state index contributed by atoms with van der Waals surface area (Å²) >= 11 is 0. The summed E-state index contributed by atoms with van der Waals surface area (Å²) in [5.74, 6) is -7.00. The van der Waals surface area contributed by atoms with Crippen molar-refractivity contribution in [1.82, 2.24) is 0 Å². The van der Waals surface area contributed by atoms with Crippen LogP contribution in [0.5, 0.6) is 5.75 Å². The molecule has 148 valence electrons. The Hall–Kier alpha value is -3.63. The zero-order valence-corrected chi connectivity index (χ0v) is 14.5. The van der Waals surface area contributed by atoms with Crippen LogP contribution in [0.1, 0.15) is 17.3 Å². The van der Waals surface area contributed by atoms with E-state index in [0.717, 1.165) is 19.1 Å². The third-order valence-electron chi connectivity index (χ3n) is 3.56. The van der Waals surface area contributed by atoms with Gasteiger partial charge in [0.15, 0.2) is 29.3 Å². The Labute approximate surface area is 156 Å². The van der Waals surface area contributed by atoms with E-state index in [0.29, 0.717) is 6.07 Å². The highest BCUT2D eigenvalue weighted by molar-refractivity contribution is 5.97. The van der Waals surface area contributed by atoms with Crippen LogP contribution >= 0.6 is 0 Å². The molecule has 1 atom stereocenters. The standard InChI is InChI=1S/C17H13F3N2O6/c1-8(16(23)21-11-5-4-10(18)14(19)15(11)20)28-17(24)9-3-6-13(27-2)12(7-9)22(25)26/h3-8H,1-2H3,(H,21,23)/t8-/m0/s1. The summed E-state index contributed by atoms with van der Waals surface area (Å²) in [7, 11) is 1.21. The third-order valence-corrected chi connectivity index (χ3v) is 3.56. The fourth-order valence-electron chi connectivity index (χ4n) is 2.10. The number of anilines is 1. The Morgan fingerprint density at radius 2 is 1.82 bits per heavy atom. The molecule has 0 aromatic heterocycles. The van der Waals surface area contributed by atoms with Gasteiger partial charge in [-0.15, -0.1) is 0 Å². The number of benzene rings is 2. The van der Waals surface area contributed by atoms with Gasteiger partial charge in [0.05, 0.1) is 23.3 Å². The smallest absolute Gasteiger partial charge is 0.339 e. The van der Waals surface area contributed by atoms with Crippen molar-refractivity contribution in [3.8, 4) is 5.75 Å². The van der Waals surface area contributed by atoms with E-state index in [1.807, 2.05) is 5.32 Å². The quantitative estimate of drug-likeness (QED) is 0.347. The maximum absolute atomic E-state index is 13.6. The SMILES string of the molecule is COc1ccc(C(=O)O[C@@H](C)C(=O)Nc2ccc(F)c(F)c2F)cc1[N+](=O)[O-]. The van der Waals surface area contributed by atoms with Crippen LogP contribution in [0.3, 0.4) is 0 Å². The molecule has 0 aliphatic carbocycles. The number of hydrogen-bond donors (Lipinski definition) is 1. The number of carbonyl (C=O) groups is 2. The lowest BCUT2D eigenvalue weighted by Crippen LogP contribution is -2.30. The summed E-state index contributed by atoms with van der Waals surface area (Å²) in [6, 6.07) is 4.68. The minimum absolute atomic E-state index is 0.0823. The molecule has 0 aliphatic heterocycles. The number of carbonyl (C=O) groups excluding carboxylic acids is 2. The number of nitrogens with zero attached hydrogens (tertiary/aromatic N) is 1. The maximum atomic E-state index is 13.6. The molecule has 0 saturated heterocycles. The van der Waals surface area contributed by atoms with Crippen LogP contribution in [-0.2, 0) is 9.53 Å². The van der Waals surface area contributed by atoms with E-state index in [1.54, 1.807) is 0 Å². The first-order chi connectivity index (χ1) is 13.1. The van der Waals surface area contributed by atoms with Crippen molar-refractivity contribution in [1.29, 1.82) is 0 Å². The predicted molar refractivity (Wildman–Crippen MR) is 89.5 cm³/mol. The Morgan fingerprint density at radius 1 is 1.14 bits per heavy atom. The molecule has 1 amide bonds. The lowest BCUT2D eigenvalue weighted by atomic mass is 10.2. The number of hydrogen-bond acceptors (Lipinski definition) is 6. The molecule has 0 heterocycles. The lowest BCUT2D eigenvalue weighted by molar-refractivity contribution is -0.385. The van der Waals surface area contributed by atoms with Gasteiger partial charge in [-0.25, -0.2) is 18.0 Å². The molecule has 28 heavy (non-hydrogen) atoms. The van der Waals surface area contributed by atoms with Crippen LogP contribution in [-0.4, -0.2) is 30.0 Å². The normalized spacial score (nSPS) is 11.5. The molecule has 0 fully saturated rings. The van der Waals surface area contributed by atoms with Crippen molar-refractivity contribution >= 4 is 23.3 Å². The van der Waals surface area contributed by atoms with Gasteiger partial charge in [0.2, 0.25) is 0 Å². The van der Waals surface area contributed by atoms with Gasteiger partial charge in [0, 0.05) is 6.07 Å². The molecular formula is C17H13F3N2O6. The topological polar surface area (TPSA) is 108 Å². The highest BCUT2D eigenvalue weighted by Gasteiger charge is 2.24. The number of nitrogens with one attached hydrogen (secondary N) is 1. The van der Waals surface area contributed by atoms with Gasteiger partial charge >= 0.3 is 11.7 Å². The molecule has 2 aromatic rings. The Kier molecular flexibility index (Phi) is 6.18. The van der Waals surface area contributed by atoms with Crippen LogP contribution in [0.25, 0.3) is 0 Å².